The fourth-order valence-electron chi connectivity index (χ4n) is 2.71. The Morgan fingerprint density at radius 1 is 1.23 bits per heavy atom. The number of phenols is 1. The van der Waals surface area contributed by atoms with E-state index < -0.39 is 28.3 Å². The number of carboxylic acids is 1. The zero-order chi connectivity index (χ0) is 22.5. The van der Waals surface area contributed by atoms with Gasteiger partial charge in [0.2, 0.25) is 10.0 Å². The quantitative estimate of drug-likeness (QED) is 0.262. The minimum Gasteiger partial charge on any atom is -0.507 e. The van der Waals surface area contributed by atoms with Crippen LogP contribution in [0.4, 0.5) is 0 Å². The molecule has 0 spiro atoms. The Balaban J connectivity index is 0.00000480. The molecule has 0 aliphatic heterocycles. The molecule has 0 saturated heterocycles. The fraction of sp³-hybridized carbons (Fsp3) is 0.300. The normalized spacial score (nSPS) is 11.1. The third kappa shape index (κ3) is 7.12. The number of halogens is 1. The van der Waals surface area contributed by atoms with Crippen LogP contribution in [0.5, 0.6) is 11.5 Å². The molecule has 0 bridgehead atoms. The molecule has 9 nitrogen and oxygen atoms in total. The van der Waals surface area contributed by atoms with Crippen molar-refractivity contribution in [3.8, 4) is 11.5 Å². The largest absolute Gasteiger partial charge is 0.507 e. The summed E-state index contributed by atoms with van der Waals surface area (Å²) < 4.78 is 32.9. The van der Waals surface area contributed by atoms with Crippen LogP contribution in [0.3, 0.4) is 0 Å². The van der Waals surface area contributed by atoms with Gasteiger partial charge in [-0.05, 0) is 47.7 Å². The van der Waals surface area contributed by atoms with Gasteiger partial charge in [-0.1, -0.05) is 26.0 Å². The number of ether oxygens (including phenoxy) is 1. The van der Waals surface area contributed by atoms with Gasteiger partial charge in [0.1, 0.15) is 22.2 Å². The van der Waals surface area contributed by atoms with Gasteiger partial charge in [-0.3, -0.25) is 5.41 Å². The summed E-state index contributed by atoms with van der Waals surface area (Å²) in [7, 11) is -4.06. The third-order valence-electron chi connectivity index (χ3n) is 4.36. The number of carboxylic acid groups (broad SMARTS) is 1. The van der Waals surface area contributed by atoms with Crippen molar-refractivity contribution in [1.29, 1.82) is 5.41 Å². The monoisotopic (exact) mass is 471 g/mol. The van der Waals surface area contributed by atoms with Crippen LogP contribution >= 0.6 is 12.4 Å². The average Bonchev–Trinajstić information content (AvgIpc) is 2.66. The van der Waals surface area contributed by atoms with E-state index in [0.29, 0.717) is 11.3 Å². The molecule has 0 atom stereocenters. The number of phenolic OH excluding ortho intramolecular Hbond substituents is 1. The molecular weight excluding hydrogens is 446 g/mol. The summed E-state index contributed by atoms with van der Waals surface area (Å²) in [5, 5.41) is 26.2. The molecule has 0 amide bonds. The van der Waals surface area contributed by atoms with Gasteiger partial charge >= 0.3 is 5.97 Å². The van der Waals surface area contributed by atoms with Gasteiger partial charge in [0.05, 0.1) is 0 Å². The van der Waals surface area contributed by atoms with Gasteiger partial charge in [-0.25, -0.2) is 17.9 Å². The lowest BCUT2D eigenvalue weighted by Crippen LogP contribution is -2.26. The van der Waals surface area contributed by atoms with Crippen LogP contribution < -0.4 is 15.2 Å². The van der Waals surface area contributed by atoms with Gasteiger partial charge < -0.3 is 20.7 Å². The highest BCUT2D eigenvalue weighted by Gasteiger charge is 2.20. The van der Waals surface area contributed by atoms with Crippen LogP contribution in [-0.4, -0.2) is 43.6 Å². The van der Waals surface area contributed by atoms with E-state index in [1.807, 2.05) is 19.9 Å². The number of sulfonamides is 1. The summed E-state index contributed by atoms with van der Waals surface area (Å²) in [6.45, 7) is 3.46. The lowest BCUT2D eigenvalue weighted by molar-refractivity contribution is -0.139. The molecule has 31 heavy (non-hydrogen) atoms. The first-order valence-electron chi connectivity index (χ1n) is 9.15. The maximum absolute atomic E-state index is 12.6. The number of nitrogen functional groups attached to an aromatic ring is 1. The fourth-order valence-corrected chi connectivity index (χ4v) is 3.86. The number of benzene rings is 2. The van der Waals surface area contributed by atoms with E-state index in [1.165, 1.54) is 6.07 Å². The summed E-state index contributed by atoms with van der Waals surface area (Å²) in [4.78, 5) is 10.5. The van der Waals surface area contributed by atoms with Crippen molar-refractivity contribution in [2.45, 2.75) is 31.1 Å². The lowest BCUT2D eigenvalue weighted by atomic mass is 10.00. The Kier molecular flexibility index (Phi) is 9.29. The van der Waals surface area contributed by atoms with Crippen LogP contribution in [0.25, 0.3) is 0 Å². The van der Waals surface area contributed by atoms with Crippen LogP contribution in [0.15, 0.2) is 41.3 Å². The number of hydrogen-bond acceptors (Lipinski definition) is 6. The first kappa shape index (κ1) is 26.2. The SMILES string of the molecule is CC(C)c1ccc(CCNS(=O)(=O)c2cc(C(=N)N)ccc2O)c(OCC(=O)O)c1.Cl. The second-order valence-electron chi connectivity index (χ2n) is 6.95. The zero-order valence-electron chi connectivity index (χ0n) is 17.1. The molecule has 0 unspecified atom stereocenters. The highest BCUT2D eigenvalue weighted by Crippen LogP contribution is 2.26. The van der Waals surface area contributed by atoms with E-state index in [4.69, 9.17) is 21.0 Å². The second kappa shape index (κ2) is 11.0. The second-order valence-corrected chi connectivity index (χ2v) is 8.68. The van der Waals surface area contributed by atoms with Crippen molar-refractivity contribution < 1.29 is 28.2 Å². The Morgan fingerprint density at radius 2 is 1.90 bits per heavy atom. The van der Waals surface area contributed by atoms with E-state index >= 15 is 0 Å². The van der Waals surface area contributed by atoms with E-state index in [-0.39, 0.29) is 47.6 Å². The zero-order valence-corrected chi connectivity index (χ0v) is 18.7. The predicted molar refractivity (Wildman–Crippen MR) is 119 cm³/mol. The van der Waals surface area contributed by atoms with Gasteiger partial charge in [0, 0.05) is 12.1 Å². The molecule has 0 aromatic heterocycles. The first-order valence-corrected chi connectivity index (χ1v) is 10.6. The maximum atomic E-state index is 12.6. The molecule has 0 heterocycles. The Hall–Kier alpha value is -2.82. The highest BCUT2D eigenvalue weighted by molar-refractivity contribution is 7.89. The minimum absolute atomic E-state index is 0. The number of aromatic hydroxyl groups is 1. The number of carbonyl (C=O) groups is 1. The van der Waals surface area contributed by atoms with Gasteiger partial charge in [0.25, 0.3) is 0 Å². The Bertz CT molecular complexity index is 1060. The van der Waals surface area contributed by atoms with E-state index in [0.717, 1.165) is 17.7 Å². The van der Waals surface area contributed by atoms with Gasteiger partial charge in [-0.2, -0.15) is 0 Å². The molecule has 0 radical (unpaired) electrons. The van der Waals surface area contributed by atoms with Crippen molar-refractivity contribution >= 4 is 34.2 Å². The summed E-state index contributed by atoms with van der Waals surface area (Å²) in [6.07, 6.45) is 0.236. The Labute approximate surface area is 187 Å². The van der Waals surface area contributed by atoms with Crippen molar-refractivity contribution in [3.63, 3.8) is 0 Å². The molecule has 0 saturated carbocycles. The third-order valence-corrected chi connectivity index (χ3v) is 5.85. The molecule has 2 aromatic carbocycles. The Morgan fingerprint density at radius 3 is 2.48 bits per heavy atom. The maximum Gasteiger partial charge on any atom is 0.341 e. The highest BCUT2D eigenvalue weighted by atomic mass is 35.5. The molecule has 0 aliphatic carbocycles. The number of nitrogens with two attached hydrogens (primary N) is 1. The van der Waals surface area contributed by atoms with Crippen molar-refractivity contribution in [2.24, 2.45) is 5.73 Å². The molecule has 2 aromatic rings. The lowest BCUT2D eigenvalue weighted by Gasteiger charge is -2.15. The van der Waals surface area contributed by atoms with Crippen molar-refractivity contribution in [3.05, 3.63) is 53.1 Å². The molecule has 170 valence electrons. The number of hydrogen-bond donors (Lipinski definition) is 5. The first-order chi connectivity index (χ1) is 14.0. The molecule has 0 aliphatic rings. The average molecular weight is 472 g/mol. The van der Waals surface area contributed by atoms with Crippen LogP contribution in [0, 0.1) is 5.41 Å². The molecule has 11 heteroatoms. The standard InChI is InChI=1S/C20H25N3O6S.ClH/c1-12(2)14-4-3-13(17(9-14)29-11-19(25)26)7-8-23-30(27,28)18-10-15(20(21)22)5-6-16(18)24;/h3-6,9-10,12,23-24H,7-8,11H2,1-2H3,(H3,21,22)(H,25,26);1H. The van der Waals surface area contributed by atoms with E-state index in [9.17, 15) is 18.3 Å². The van der Waals surface area contributed by atoms with E-state index in [2.05, 4.69) is 4.72 Å². The predicted octanol–water partition coefficient (Wildman–Crippen LogP) is 2.21. The van der Waals surface area contributed by atoms with Gasteiger partial charge in [0.15, 0.2) is 6.61 Å². The van der Waals surface area contributed by atoms with Crippen LogP contribution in [0.1, 0.15) is 36.5 Å². The number of rotatable bonds is 10. The van der Waals surface area contributed by atoms with Crippen molar-refractivity contribution in [2.75, 3.05) is 13.2 Å². The summed E-state index contributed by atoms with van der Waals surface area (Å²) in [6, 6.07) is 9.03. The number of aliphatic carboxylic acids is 1. The topological polar surface area (TPSA) is 163 Å². The molecule has 6 N–H and O–H groups in total. The number of nitrogens with one attached hydrogen (secondary N) is 2. The molecular formula is C20H26ClN3O6S. The summed E-state index contributed by atoms with van der Waals surface area (Å²) >= 11 is 0. The number of amidine groups is 1. The summed E-state index contributed by atoms with van der Waals surface area (Å²) in [5.74, 6) is -1.31. The smallest absolute Gasteiger partial charge is 0.341 e. The van der Waals surface area contributed by atoms with Crippen LogP contribution in [0.2, 0.25) is 0 Å². The van der Waals surface area contributed by atoms with Crippen LogP contribution in [-0.2, 0) is 21.2 Å². The molecule has 0 fully saturated rings. The van der Waals surface area contributed by atoms with E-state index in [1.54, 1.807) is 12.1 Å². The minimum atomic E-state index is -4.06. The molecule has 2 rings (SSSR count). The van der Waals surface area contributed by atoms with Gasteiger partial charge in [-0.15, -0.1) is 12.4 Å². The summed E-state index contributed by atoms with van der Waals surface area (Å²) in [5.41, 5.74) is 7.16. The van der Waals surface area contributed by atoms with Crippen molar-refractivity contribution in [1.82, 2.24) is 4.72 Å².